The van der Waals surface area contributed by atoms with Gasteiger partial charge in [0.1, 0.15) is 12.4 Å². The molecule has 28 heavy (non-hydrogen) atoms. The highest BCUT2D eigenvalue weighted by atomic mass is 19.1. The number of carbonyl (C=O) groups is 1. The van der Waals surface area contributed by atoms with Crippen LogP contribution in [0.5, 0.6) is 11.5 Å². The first-order valence-corrected chi connectivity index (χ1v) is 8.95. The Morgan fingerprint density at radius 1 is 0.964 bits per heavy atom. The van der Waals surface area contributed by atoms with Gasteiger partial charge in [0.25, 0.3) is 5.91 Å². The Labute approximate surface area is 163 Å². The van der Waals surface area contributed by atoms with Crippen molar-refractivity contribution in [3.8, 4) is 11.5 Å². The molecule has 0 saturated heterocycles. The molecule has 0 aliphatic rings. The fourth-order valence-corrected chi connectivity index (χ4v) is 2.79. The van der Waals surface area contributed by atoms with E-state index >= 15 is 0 Å². The third kappa shape index (κ3) is 4.88. The van der Waals surface area contributed by atoms with Crippen LogP contribution in [0.1, 0.15) is 27.0 Å². The average Bonchev–Trinajstić information content (AvgIpc) is 2.73. The number of rotatable bonds is 7. The minimum Gasteiger partial charge on any atom is -0.493 e. The highest BCUT2D eigenvalue weighted by Crippen LogP contribution is 2.29. The van der Waals surface area contributed by atoms with Crippen molar-refractivity contribution < 1.29 is 18.7 Å². The first-order chi connectivity index (χ1) is 13.6. The summed E-state index contributed by atoms with van der Waals surface area (Å²) in [5, 5.41) is 2.81. The van der Waals surface area contributed by atoms with Crippen molar-refractivity contribution in [2.75, 3.05) is 7.11 Å². The van der Waals surface area contributed by atoms with E-state index in [4.69, 9.17) is 9.47 Å². The van der Waals surface area contributed by atoms with Crippen molar-refractivity contribution in [2.24, 2.45) is 0 Å². The average molecular weight is 379 g/mol. The summed E-state index contributed by atoms with van der Waals surface area (Å²) in [5.41, 5.74) is 2.97. The lowest BCUT2D eigenvalue weighted by Gasteiger charge is -2.13. The molecule has 0 fully saturated rings. The Bertz CT molecular complexity index is 957. The molecule has 0 unspecified atom stereocenters. The van der Waals surface area contributed by atoms with Crippen molar-refractivity contribution >= 4 is 5.91 Å². The third-order valence-corrected chi connectivity index (χ3v) is 4.36. The maximum Gasteiger partial charge on any atom is 0.251 e. The van der Waals surface area contributed by atoms with Crippen LogP contribution < -0.4 is 14.8 Å². The lowest BCUT2D eigenvalue weighted by molar-refractivity contribution is 0.0950. The number of methoxy groups -OCH3 is 1. The number of aryl methyl sites for hydroxylation is 1. The van der Waals surface area contributed by atoms with Gasteiger partial charge in [0.05, 0.1) is 7.11 Å². The van der Waals surface area contributed by atoms with E-state index < -0.39 is 5.82 Å². The van der Waals surface area contributed by atoms with Gasteiger partial charge in [-0.25, -0.2) is 4.39 Å². The maximum atomic E-state index is 13.4. The molecule has 144 valence electrons. The number of hydrogen-bond acceptors (Lipinski definition) is 3. The van der Waals surface area contributed by atoms with Crippen LogP contribution in [0, 0.1) is 12.7 Å². The van der Waals surface area contributed by atoms with Gasteiger partial charge in [-0.1, -0.05) is 42.5 Å². The molecular weight excluding hydrogens is 357 g/mol. The lowest BCUT2D eigenvalue weighted by atomic mass is 10.1. The molecule has 3 aromatic carbocycles. The van der Waals surface area contributed by atoms with Gasteiger partial charge < -0.3 is 14.8 Å². The van der Waals surface area contributed by atoms with Gasteiger partial charge in [-0.3, -0.25) is 4.79 Å². The molecule has 0 aliphatic heterocycles. The predicted molar refractivity (Wildman–Crippen MR) is 106 cm³/mol. The van der Waals surface area contributed by atoms with E-state index in [1.165, 1.54) is 12.1 Å². The molecule has 0 bridgehead atoms. The monoisotopic (exact) mass is 379 g/mol. The Morgan fingerprint density at radius 2 is 1.75 bits per heavy atom. The zero-order valence-corrected chi connectivity index (χ0v) is 15.9. The SMILES string of the molecule is COc1cc(CNC(=O)c2cc(F)ccc2C)ccc1OCc1ccccc1. The molecule has 0 aliphatic carbocycles. The summed E-state index contributed by atoms with van der Waals surface area (Å²) in [4.78, 5) is 12.3. The summed E-state index contributed by atoms with van der Waals surface area (Å²) < 4.78 is 24.7. The molecule has 1 N–H and O–H groups in total. The van der Waals surface area contributed by atoms with Crippen LogP contribution in [0.4, 0.5) is 4.39 Å². The molecule has 3 aromatic rings. The largest absolute Gasteiger partial charge is 0.493 e. The van der Waals surface area contributed by atoms with E-state index in [1.807, 2.05) is 48.5 Å². The Hall–Kier alpha value is -3.34. The van der Waals surface area contributed by atoms with Gasteiger partial charge in [0.2, 0.25) is 0 Å². The van der Waals surface area contributed by atoms with Crippen molar-refractivity contribution in [1.82, 2.24) is 5.32 Å². The summed E-state index contributed by atoms with van der Waals surface area (Å²) >= 11 is 0. The number of hydrogen-bond donors (Lipinski definition) is 1. The maximum absolute atomic E-state index is 13.4. The summed E-state index contributed by atoms with van der Waals surface area (Å²) in [6.45, 7) is 2.51. The number of nitrogens with one attached hydrogen (secondary N) is 1. The van der Waals surface area contributed by atoms with Gasteiger partial charge in [-0.15, -0.1) is 0 Å². The van der Waals surface area contributed by atoms with Gasteiger partial charge in [0, 0.05) is 12.1 Å². The molecule has 4 nitrogen and oxygen atoms in total. The highest BCUT2D eigenvalue weighted by Gasteiger charge is 2.11. The smallest absolute Gasteiger partial charge is 0.251 e. The summed E-state index contributed by atoms with van der Waals surface area (Å²) in [5.74, 6) is 0.463. The van der Waals surface area contributed by atoms with Gasteiger partial charge in [-0.2, -0.15) is 0 Å². The van der Waals surface area contributed by atoms with Crippen LogP contribution in [0.3, 0.4) is 0 Å². The molecule has 5 heteroatoms. The molecule has 3 rings (SSSR count). The van der Waals surface area contributed by atoms with Gasteiger partial charge >= 0.3 is 0 Å². The van der Waals surface area contributed by atoms with Crippen LogP contribution in [0.15, 0.2) is 66.7 Å². The zero-order valence-electron chi connectivity index (χ0n) is 15.9. The molecule has 1 amide bonds. The first kappa shape index (κ1) is 19.4. The molecule has 0 saturated carbocycles. The van der Waals surface area contributed by atoms with Crippen LogP contribution in [0.25, 0.3) is 0 Å². The van der Waals surface area contributed by atoms with Gasteiger partial charge in [-0.05, 0) is 47.9 Å². The predicted octanol–water partition coefficient (Wildman–Crippen LogP) is 4.65. The van der Waals surface area contributed by atoms with Crippen molar-refractivity contribution in [3.05, 3.63) is 94.8 Å². The number of ether oxygens (including phenoxy) is 2. The minimum atomic E-state index is -0.433. The molecule has 0 aromatic heterocycles. The van der Waals surface area contributed by atoms with E-state index in [9.17, 15) is 9.18 Å². The lowest BCUT2D eigenvalue weighted by Crippen LogP contribution is -2.23. The van der Waals surface area contributed by atoms with Crippen LogP contribution in [-0.4, -0.2) is 13.0 Å². The second kappa shape index (κ2) is 9.04. The quantitative estimate of drug-likeness (QED) is 0.650. The summed E-state index contributed by atoms with van der Waals surface area (Å²) in [6.07, 6.45) is 0. The standard InChI is InChI=1S/C23H22FNO3/c1-16-8-10-19(24)13-20(16)23(26)25-14-18-9-11-21(22(12-18)27-2)28-15-17-6-4-3-5-7-17/h3-13H,14-15H2,1-2H3,(H,25,26). The fraction of sp³-hybridized carbons (Fsp3) is 0.174. The van der Waals surface area contributed by atoms with Crippen molar-refractivity contribution in [1.29, 1.82) is 0 Å². The topological polar surface area (TPSA) is 47.6 Å². The van der Waals surface area contributed by atoms with Crippen molar-refractivity contribution in [2.45, 2.75) is 20.1 Å². The van der Waals surface area contributed by atoms with E-state index in [2.05, 4.69) is 5.32 Å². The Balaban J connectivity index is 1.64. The van der Waals surface area contributed by atoms with E-state index in [-0.39, 0.29) is 5.91 Å². The number of amides is 1. The van der Waals surface area contributed by atoms with Crippen LogP contribution in [0.2, 0.25) is 0 Å². The van der Waals surface area contributed by atoms with Crippen LogP contribution >= 0.6 is 0 Å². The van der Waals surface area contributed by atoms with E-state index in [1.54, 1.807) is 20.1 Å². The number of benzene rings is 3. The van der Waals surface area contributed by atoms with Gasteiger partial charge in [0.15, 0.2) is 11.5 Å². The molecule has 0 spiro atoms. The highest BCUT2D eigenvalue weighted by molar-refractivity contribution is 5.95. The van der Waals surface area contributed by atoms with Crippen molar-refractivity contribution in [3.63, 3.8) is 0 Å². The second-order valence-corrected chi connectivity index (χ2v) is 6.40. The summed E-state index contributed by atoms with van der Waals surface area (Å²) in [6, 6.07) is 19.5. The molecule has 0 heterocycles. The normalized spacial score (nSPS) is 10.4. The number of carbonyl (C=O) groups excluding carboxylic acids is 1. The van der Waals surface area contributed by atoms with E-state index in [0.717, 1.165) is 16.7 Å². The Kier molecular flexibility index (Phi) is 6.27. The Morgan fingerprint density at radius 3 is 2.50 bits per heavy atom. The summed E-state index contributed by atoms with van der Waals surface area (Å²) in [7, 11) is 1.57. The molecule has 0 atom stereocenters. The third-order valence-electron chi connectivity index (χ3n) is 4.36. The zero-order chi connectivity index (χ0) is 19.9. The fourth-order valence-electron chi connectivity index (χ4n) is 2.79. The molecule has 0 radical (unpaired) electrons. The van der Waals surface area contributed by atoms with E-state index in [0.29, 0.717) is 30.2 Å². The minimum absolute atomic E-state index is 0.296. The molecular formula is C23H22FNO3. The first-order valence-electron chi connectivity index (χ1n) is 8.95. The number of halogens is 1. The second-order valence-electron chi connectivity index (χ2n) is 6.40. The van der Waals surface area contributed by atoms with Crippen LogP contribution in [-0.2, 0) is 13.2 Å².